The van der Waals surface area contributed by atoms with Crippen LogP contribution in [0.25, 0.3) is 0 Å². The number of rotatable bonds is 3. The highest BCUT2D eigenvalue weighted by Gasteiger charge is 2.38. The Hall–Kier alpha value is -2.06. The summed E-state index contributed by atoms with van der Waals surface area (Å²) in [6.07, 6.45) is -4.93. The number of halogens is 3. The lowest BCUT2D eigenvalue weighted by Gasteiger charge is -2.14. The van der Waals surface area contributed by atoms with Crippen molar-refractivity contribution in [2.75, 3.05) is 12.4 Å². The maximum atomic E-state index is 12.6. The molecule has 1 aromatic rings. The molecule has 0 bridgehead atoms. The van der Waals surface area contributed by atoms with Crippen LogP contribution in [0.2, 0.25) is 0 Å². The van der Waals surface area contributed by atoms with Crippen molar-refractivity contribution in [1.82, 2.24) is 4.57 Å². The summed E-state index contributed by atoms with van der Waals surface area (Å²) in [7, 11) is 1.29. The van der Waals surface area contributed by atoms with Gasteiger partial charge in [-0.1, -0.05) is 0 Å². The van der Waals surface area contributed by atoms with Gasteiger partial charge in [0.2, 0.25) is 0 Å². The third kappa shape index (κ3) is 2.29. The van der Waals surface area contributed by atoms with Gasteiger partial charge in [-0.25, -0.2) is 0 Å². The molecule has 6 nitrogen and oxygen atoms in total. The van der Waals surface area contributed by atoms with Gasteiger partial charge in [0.15, 0.2) is 5.82 Å². The Balaban J connectivity index is 3.76. The number of hydrogen-bond acceptors (Lipinski definition) is 4. The lowest BCUT2D eigenvalue weighted by atomic mass is 10.2. The fourth-order valence-corrected chi connectivity index (χ4v) is 1.56. The van der Waals surface area contributed by atoms with Crippen LogP contribution in [0.3, 0.4) is 0 Å². The molecular formula is C9H10F3N3O3. The van der Waals surface area contributed by atoms with Gasteiger partial charge >= 0.3 is 11.9 Å². The third-order valence-corrected chi connectivity index (χ3v) is 2.32. The highest BCUT2D eigenvalue weighted by Crippen LogP contribution is 2.32. The van der Waals surface area contributed by atoms with Gasteiger partial charge in [0.25, 0.3) is 5.56 Å². The molecule has 1 N–H and O–H groups in total. The maximum Gasteiger partial charge on any atom is 0.421 e. The van der Waals surface area contributed by atoms with Crippen molar-refractivity contribution in [1.29, 1.82) is 0 Å². The van der Waals surface area contributed by atoms with Crippen LogP contribution < -0.4 is 10.9 Å². The summed E-state index contributed by atoms with van der Waals surface area (Å²) < 4.78 is 38.4. The van der Waals surface area contributed by atoms with E-state index in [1.165, 1.54) is 14.0 Å². The van der Waals surface area contributed by atoms with Crippen molar-refractivity contribution in [2.24, 2.45) is 0 Å². The van der Waals surface area contributed by atoms with E-state index in [2.05, 4.69) is 5.32 Å². The summed E-state index contributed by atoms with van der Waals surface area (Å²) >= 11 is 0. The van der Waals surface area contributed by atoms with E-state index >= 15 is 0 Å². The van der Waals surface area contributed by atoms with Gasteiger partial charge < -0.3 is 5.32 Å². The number of nitrogens with one attached hydrogen (secondary N) is 1. The number of aromatic nitrogens is 1. The normalized spacial score (nSPS) is 11.4. The number of hydrogen-bond donors (Lipinski definition) is 1. The van der Waals surface area contributed by atoms with Crippen LogP contribution in [0, 0.1) is 10.1 Å². The Kier molecular flexibility index (Phi) is 3.63. The molecule has 0 aliphatic heterocycles. The van der Waals surface area contributed by atoms with Crippen LogP contribution in [0.4, 0.5) is 24.7 Å². The van der Waals surface area contributed by atoms with Gasteiger partial charge in [-0.15, -0.1) is 0 Å². The van der Waals surface area contributed by atoms with E-state index in [9.17, 15) is 28.1 Å². The first-order chi connectivity index (χ1) is 8.23. The van der Waals surface area contributed by atoms with E-state index in [4.69, 9.17) is 0 Å². The molecule has 100 valence electrons. The number of alkyl halides is 3. The van der Waals surface area contributed by atoms with Crippen molar-refractivity contribution >= 4 is 11.5 Å². The molecular weight excluding hydrogens is 255 g/mol. The van der Waals surface area contributed by atoms with Crippen LogP contribution in [0.5, 0.6) is 0 Å². The van der Waals surface area contributed by atoms with Gasteiger partial charge in [-0.05, 0) is 6.92 Å². The van der Waals surface area contributed by atoms with E-state index in [0.717, 1.165) is 0 Å². The number of pyridine rings is 1. The van der Waals surface area contributed by atoms with E-state index in [0.29, 0.717) is 4.57 Å². The van der Waals surface area contributed by atoms with Crippen molar-refractivity contribution in [3.63, 3.8) is 0 Å². The second-order valence-electron chi connectivity index (χ2n) is 3.35. The average molecular weight is 265 g/mol. The summed E-state index contributed by atoms with van der Waals surface area (Å²) in [5, 5.41) is 13.1. The molecule has 0 aliphatic carbocycles. The molecule has 0 spiro atoms. The lowest BCUT2D eigenvalue weighted by molar-refractivity contribution is -0.384. The van der Waals surface area contributed by atoms with Crippen LogP contribution in [0.1, 0.15) is 12.5 Å². The summed E-state index contributed by atoms with van der Waals surface area (Å²) in [4.78, 5) is 21.3. The molecule has 1 heterocycles. The minimum atomic E-state index is -4.93. The second-order valence-corrected chi connectivity index (χ2v) is 3.35. The molecule has 0 amide bonds. The molecule has 0 saturated heterocycles. The standard InChI is InChI=1S/C9H10F3N3O3/c1-3-14-7(13-2)6(15(17)18)4-5(8(14)16)9(10,11)12/h4,13H,3H2,1-2H3. The first kappa shape index (κ1) is 14.0. The number of nitrogens with zero attached hydrogens (tertiary/aromatic N) is 2. The van der Waals surface area contributed by atoms with Crippen LogP contribution >= 0.6 is 0 Å². The van der Waals surface area contributed by atoms with E-state index in [1.807, 2.05) is 0 Å². The lowest BCUT2D eigenvalue weighted by Crippen LogP contribution is -2.30. The van der Waals surface area contributed by atoms with E-state index in [-0.39, 0.29) is 18.4 Å². The predicted molar refractivity (Wildman–Crippen MR) is 57.6 cm³/mol. The van der Waals surface area contributed by atoms with Crippen molar-refractivity contribution < 1.29 is 18.1 Å². The SMILES string of the molecule is CCn1c(NC)c([N+](=O)[O-])cc(C(F)(F)F)c1=O. The quantitative estimate of drug-likeness (QED) is 0.668. The molecule has 18 heavy (non-hydrogen) atoms. The van der Waals surface area contributed by atoms with Gasteiger partial charge in [0.1, 0.15) is 5.56 Å². The highest BCUT2D eigenvalue weighted by molar-refractivity contribution is 5.57. The van der Waals surface area contributed by atoms with Crippen molar-refractivity contribution in [3.8, 4) is 0 Å². The molecule has 0 atom stereocenters. The van der Waals surface area contributed by atoms with Gasteiger partial charge in [-0.3, -0.25) is 19.5 Å². The molecule has 1 aromatic heterocycles. The van der Waals surface area contributed by atoms with Gasteiger partial charge in [0.05, 0.1) is 4.92 Å². The van der Waals surface area contributed by atoms with Gasteiger partial charge in [0, 0.05) is 19.7 Å². The summed E-state index contributed by atoms with van der Waals surface area (Å²) in [5.74, 6) is -0.250. The Morgan fingerprint density at radius 3 is 2.39 bits per heavy atom. The first-order valence-corrected chi connectivity index (χ1v) is 4.91. The summed E-state index contributed by atoms with van der Waals surface area (Å²) in [6, 6.07) is 0.250. The molecule has 0 radical (unpaired) electrons. The fourth-order valence-electron chi connectivity index (χ4n) is 1.56. The molecule has 0 fully saturated rings. The monoisotopic (exact) mass is 265 g/mol. The minimum absolute atomic E-state index is 0.111. The Morgan fingerprint density at radius 1 is 1.50 bits per heavy atom. The zero-order valence-electron chi connectivity index (χ0n) is 9.54. The first-order valence-electron chi connectivity index (χ1n) is 4.91. The highest BCUT2D eigenvalue weighted by atomic mass is 19.4. The number of nitro groups is 1. The zero-order chi connectivity index (χ0) is 14.1. The molecule has 0 unspecified atom stereocenters. The zero-order valence-corrected chi connectivity index (χ0v) is 9.54. The third-order valence-electron chi connectivity index (χ3n) is 2.32. The smallest absolute Gasteiger partial charge is 0.369 e. The molecule has 1 rings (SSSR count). The van der Waals surface area contributed by atoms with E-state index < -0.39 is 27.9 Å². The Bertz CT molecular complexity index is 536. The van der Waals surface area contributed by atoms with Crippen LogP contribution in [-0.4, -0.2) is 16.5 Å². The minimum Gasteiger partial charge on any atom is -0.369 e. The summed E-state index contributed by atoms with van der Waals surface area (Å²) in [5.41, 5.74) is -3.64. The van der Waals surface area contributed by atoms with Crippen molar-refractivity contribution in [2.45, 2.75) is 19.6 Å². The topological polar surface area (TPSA) is 77.2 Å². The Labute approximate surface area is 99.2 Å². The Morgan fingerprint density at radius 2 is 2.06 bits per heavy atom. The average Bonchev–Trinajstić information content (AvgIpc) is 2.25. The largest absolute Gasteiger partial charge is 0.421 e. The molecule has 9 heteroatoms. The number of anilines is 1. The van der Waals surface area contributed by atoms with Crippen LogP contribution in [0.15, 0.2) is 10.9 Å². The van der Waals surface area contributed by atoms with Gasteiger partial charge in [-0.2, -0.15) is 13.2 Å². The van der Waals surface area contributed by atoms with E-state index in [1.54, 1.807) is 0 Å². The fraction of sp³-hybridized carbons (Fsp3) is 0.444. The second kappa shape index (κ2) is 4.67. The summed E-state index contributed by atoms with van der Waals surface area (Å²) in [6.45, 7) is 1.31. The predicted octanol–water partition coefficient (Wildman–Crippen LogP) is 1.84. The molecule has 0 aromatic carbocycles. The van der Waals surface area contributed by atoms with Crippen molar-refractivity contribution in [3.05, 3.63) is 32.1 Å². The maximum absolute atomic E-state index is 12.6. The molecule has 0 aliphatic rings. The van der Waals surface area contributed by atoms with Crippen LogP contribution in [-0.2, 0) is 12.7 Å². The molecule has 0 saturated carbocycles.